The van der Waals surface area contributed by atoms with Gasteiger partial charge < -0.3 is 15.1 Å². The number of aromatic nitrogens is 4. The molecule has 4 aromatic rings. The molecular formula is C24H22N6O2. The maximum atomic E-state index is 12.7. The number of nitrogens with zero attached hydrogens (tertiary/aromatic N) is 5. The van der Waals surface area contributed by atoms with E-state index in [1.165, 1.54) is 0 Å². The fourth-order valence-electron chi connectivity index (χ4n) is 3.58. The van der Waals surface area contributed by atoms with E-state index in [2.05, 4.69) is 20.2 Å². The number of benzene rings is 2. The quantitative estimate of drug-likeness (QED) is 0.526. The van der Waals surface area contributed by atoms with Crippen LogP contribution in [0.15, 0.2) is 77.4 Å². The zero-order chi connectivity index (χ0) is 21.9. The van der Waals surface area contributed by atoms with E-state index in [1.54, 1.807) is 6.20 Å². The van der Waals surface area contributed by atoms with Gasteiger partial charge in [-0.2, -0.15) is 0 Å². The summed E-state index contributed by atoms with van der Waals surface area (Å²) < 4.78 is 5.80. The lowest BCUT2D eigenvalue weighted by Crippen LogP contribution is -2.34. The standard InChI is InChI=1S/C24H20N6O2.H2/c25-21-20(23-29-28-22(32-23)17-7-3-1-4-8-17)27-19(15-26-21)16-11-13-30(14-12-16)24(31)18-9-5-2-6-10-18;/h1-11,15H,12-14H2,(H2,25,26);1H. The minimum atomic E-state index is 0. The molecule has 1 aliphatic heterocycles. The van der Waals surface area contributed by atoms with E-state index in [0.717, 1.165) is 11.1 Å². The molecule has 3 heterocycles. The number of nitrogens with two attached hydrogens (primary N) is 1. The monoisotopic (exact) mass is 426 g/mol. The lowest BCUT2D eigenvalue weighted by molar-refractivity contribution is 0.0773. The Hall–Kier alpha value is -4.33. The van der Waals surface area contributed by atoms with Crippen LogP contribution in [-0.2, 0) is 0 Å². The number of rotatable bonds is 4. The first-order chi connectivity index (χ1) is 15.7. The van der Waals surface area contributed by atoms with Crippen molar-refractivity contribution in [2.24, 2.45) is 0 Å². The topological polar surface area (TPSA) is 111 Å². The molecule has 8 nitrogen and oxygen atoms in total. The maximum absolute atomic E-state index is 12.7. The molecule has 0 spiro atoms. The number of anilines is 1. The number of amides is 1. The van der Waals surface area contributed by atoms with Crippen molar-refractivity contribution < 1.29 is 10.6 Å². The fraction of sp³-hybridized carbons (Fsp3) is 0.125. The molecule has 0 fully saturated rings. The second-order valence-electron chi connectivity index (χ2n) is 7.36. The minimum absolute atomic E-state index is 0. The normalized spacial score (nSPS) is 13.6. The van der Waals surface area contributed by atoms with Gasteiger partial charge in [0.1, 0.15) is 0 Å². The summed E-state index contributed by atoms with van der Waals surface area (Å²) in [6.45, 7) is 1.10. The van der Waals surface area contributed by atoms with E-state index in [4.69, 9.17) is 10.2 Å². The molecule has 2 aromatic heterocycles. The maximum Gasteiger partial charge on any atom is 0.270 e. The summed E-state index contributed by atoms with van der Waals surface area (Å²) in [6.07, 6.45) is 4.29. The molecule has 0 bridgehead atoms. The van der Waals surface area contributed by atoms with E-state index in [1.807, 2.05) is 71.6 Å². The molecule has 0 saturated carbocycles. The van der Waals surface area contributed by atoms with Crippen molar-refractivity contribution in [2.75, 3.05) is 18.8 Å². The molecule has 0 saturated heterocycles. The molecule has 2 aromatic carbocycles. The molecule has 160 valence electrons. The molecule has 32 heavy (non-hydrogen) atoms. The molecule has 1 aliphatic rings. The first kappa shape index (κ1) is 19.6. The third-order valence-electron chi connectivity index (χ3n) is 5.30. The van der Waals surface area contributed by atoms with E-state index in [-0.39, 0.29) is 19.0 Å². The molecule has 1 amide bonds. The van der Waals surface area contributed by atoms with E-state index < -0.39 is 0 Å². The van der Waals surface area contributed by atoms with Gasteiger partial charge in [0.05, 0.1) is 11.9 Å². The van der Waals surface area contributed by atoms with Crippen LogP contribution < -0.4 is 5.73 Å². The van der Waals surface area contributed by atoms with Crippen molar-refractivity contribution in [3.05, 3.63) is 84.2 Å². The van der Waals surface area contributed by atoms with Crippen LogP contribution in [0.5, 0.6) is 0 Å². The van der Waals surface area contributed by atoms with Crippen molar-refractivity contribution in [2.45, 2.75) is 6.42 Å². The van der Waals surface area contributed by atoms with Gasteiger partial charge in [-0.1, -0.05) is 42.5 Å². The van der Waals surface area contributed by atoms with Gasteiger partial charge >= 0.3 is 0 Å². The Balaban J connectivity index is 0.00000259. The van der Waals surface area contributed by atoms with Crippen LogP contribution in [0.2, 0.25) is 0 Å². The van der Waals surface area contributed by atoms with Crippen LogP contribution in [0.25, 0.3) is 28.6 Å². The molecular weight excluding hydrogens is 404 g/mol. The van der Waals surface area contributed by atoms with Gasteiger partial charge in [-0.25, -0.2) is 9.97 Å². The highest BCUT2D eigenvalue weighted by molar-refractivity contribution is 5.94. The molecule has 0 radical (unpaired) electrons. The summed E-state index contributed by atoms with van der Waals surface area (Å²) in [5.41, 5.74) is 9.58. The molecule has 8 heteroatoms. The first-order valence-electron chi connectivity index (χ1n) is 10.2. The third-order valence-corrected chi connectivity index (χ3v) is 5.30. The van der Waals surface area contributed by atoms with E-state index in [0.29, 0.717) is 42.4 Å². The Labute approximate surface area is 185 Å². The van der Waals surface area contributed by atoms with Gasteiger partial charge in [0, 0.05) is 25.6 Å². The molecule has 0 atom stereocenters. The Kier molecular flexibility index (Phi) is 5.17. The second-order valence-corrected chi connectivity index (χ2v) is 7.36. The van der Waals surface area contributed by atoms with Crippen LogP contribution >= 0.6 is 0 Å². The van der Waals surface area contributed by atoms with Crippen LogP contribution in [0.4, 0.5) is 5.82 Å². The lowest BCUT2D eigenvalue weighted by Gasteiger charge is -2.26. The second kappa shape index (κ2) is 8.43. The Morgan fingerprint density at radius 3 is 2.44 bits per heavy atom. The molecule has 2 N–H and O–H groups in total. The van der Waals surface area contributed by atoms with Gasteiger partial charge in [-0.05, 0) is 36.3 Å². The first-order valence-corrected chi connectivity index (χ1v) is 10.2. The van der Waals surface area contributed by atoms with E-state index in [9.17, 15) is 4.79 Å². The summed E-state index contributed by atoms with van der Waals surface area (Å²) in [5.74, 6) is 0.839. The SMILES string of the molecule is Nc1ncc(C2=CCN(C(=O)c3ccccc3)CC2)nc1-c1nnc(-c2ccccc2)o1.[HH]. The lowest BCUT2D eigenvalue weighted by atomic mass is 10.0. The summed E-state index contributed by atoms with van der Waals surface area (Å²) in [6, 6.07) is 18.8. The van der Waals surface area contributed by atoms with Crippen molar-refractivity contribution in [1.29, 1.82) is 0 Å². The van der Waals surface area contributed by atoms with Gasteiger partial charge in [-0.15, -0.1) is 10.2 Å². The fourth-order valence-corrected chi connectivity index (χ4v) is 3.58. The van der Waals surface area contributed by atoms with Gasteiger partial charge in [-0.3, -0.25) is 4.79 Å². The molecule has 0 unspecified atom stereocenters. The highest BCUT2D eigenvalue weighted by Crippen LogP contribution is 2.28. The summed E-state index contributed by atoms with van der Waals surface area (Å²) in [7, 11) is 0. The van der Waals surface area contributed by atoms with Gasteiger partial charge in [0.2, 0.25) is 5.89 Å². The number of nitrogen functional groups attached to an aromatic ring is 1. The average molecular weight is 426 g/mol. The summed E-state index contributed by atoms with van der Waals surface area (Å²) in [4.78, 5) is 23.4. The van der Waals surface area contributed by atoms with Gasteiger partial charge in [0.15, 0.2) is 11.5 Å². The zero-order valence-corrected chi connectivity index (χ0v) is 17.2. The van der Waals surface area contributed by atoms with E-state index >= 15 is 0 Å². The zero-order valence-electron chi connectivity index (χ0n) is 17.2. The van der Waals surface area contributed by atoms with Crippen LogP contribution in [0.3, 0.4) is 0 Å². The Bertz CT molecular complexity index is 1290. The minimum Gasteiger partial charge on any atom is -0.414 e. The average Bonchev–Trinajstić information content (AvgIpc) is 3.35. The highest BCUT2D eigenvalue weighted by Gasteiger charge is 2.22. The Morgan fingerprint density at radius 2 is 1.72 bits per heavy atom. The van der Waals surface area contributed by atoms with Crippen molar-refractivity contribution in [1.82, 2.24) is 25.1 Å². The smallest absolute Gasteiger partial charge is 0.270 e. The highest BCUT2D eigenvalue weighted by atomic mass is 16.4. The number of hydrogen-bond acceptors (Lipinski definition) is 7. The predicted octanol–water partition coefficient (Wildman–Crippen LogP) is 3.95. The molecule has 0 aliphatic carbocycles. The number of carbonyl (C=O) groups is 1. The van der Waals surface area contributed by atoms with Crippen LogP contribution in [0.1, 0.15) is 23.9 Å². The Morgan fingerprint density at radius 1 is 1.00 bits per heavy atom. The van der Waals surface area contributed by atoms with Crippen molar-refractivity contribution >= 4 is 17.3 Å². The number of hydrogen-bond donors (Lipinski definition) is 1. The van der Waals surface area contributed by atoms with Crippen LogP contribution in [0, 0.1) is 0 Å². The largest absolute Gasteiger partial charge is 0.414 e. The van der Waals surface area contributed by atoms with Gasteiger partial charge in [0.25, 0.3) is 11.8 Å². The van der Waals surface area contributed by atoms with Crippen LogP contribution in [-0.4, -0.2) is 44.1 Å². The summed E-state index contributed by atoms with van der Waals surface area (Å²) >= 11 is 0. The van der Waals surface area contributed by atoms with Crippen molar-refractivity contribution in [3.63, 3.8) is 0 Å². The third kappa shape index (κ3) is 3.85. The van der Waals surface area contributed by atoms with Crippen molar-refractivity contribution in [3.8, 4) is 23.0 Å². The molecule has 5 rings (SSSR count). The summed E-state index contributed by atoms with van der Waals surface area (Å²) in [5, 5.41) is 8.21. The predicted molar refractivity (Wildman–Crippen MR) is 122 cm³/mol. The number of carbonyl (C=O) groups excluding carboxylic acids is 1.